The molecule has 2 aliphatic heterocycles. The third-order valence-electron chi connectivity index (χ3n) is 6.61. The molecule has 2 aromatic carbocycles. The van der Waals surface area contributed by atoms with E-state index in [1.165, 1.54) is 32.2 Å². The third-order valence-corrected chi connectivity index (χ3v) is 8.36. The lowest BCUT2D eigenvalue weighted by atomic mass is 9.99. The fourth-order valence-corrected chi connectivity index (χ4v) is 6.13. The maximum Gasteiger partial charge on any atom is 0.267 e. The number of amides is 1. The van der Waals surface area contributed by atoms with Crippen molar-refractivity contribution in [1.29, 1.82) is 0 Å². The van der Waals surface area contributed by atoms with E-state index in [9.17, 15) is 9.59 Å². The van der Waals surface area contributed by atoms with E-state index in [0.717, 1.165) is 18.5 Å². The van der Waals surface area contributed by atoms with Crippen LogP contribution in [0.5, 0.6) is 0 Å². The fraction of sp³-hybridized carbons (Fsp3) is 0.143. The molecule has 4 heterocycles. The number of rotatable bonds is 4. The van der Waals surface area contributed by atoms with Crippen LogP contribution >= 0.6 is 35.6 Å². The van der Waals surface area contributed by atoms with Crippen LogP contribution in [0, 0.1) is 0 Å². The Balaban J connectivity index is 1.42. The lowest BCUT2D eigenvalue weighted by Crippen LogP contribution is -2.34. The molecule has 37 heavy (non-hydrogen) atoms. The monoisotopic (exact) mass is 544 g/mol. The lowest BCUT2D eigenvalue weighted by Gasteiger charge is -2.30. The number of hydrogen-bond acceptors (Lipinski definition) is 6. The molecule has 6 rings (SSSR count). The summed E-state index contributed by atoms with van der Waals surface area (Å²) in [5.74, 6) is 0.324. The van der Waals surface area contributed by atoms with E-state index in [1.807, 2.05) is 42.5 Å². The standard InChI is InChI=1S/C28H21ClN4O2S2/c29-22-10-4-3-9-20(22)17-33-27(35)23(37-28(33)36)15-21-25(30-24-11-5-6-13-32(24)26(21)34)31-14-12-18-7-1-2-8-19(18)16-31/h1-11,13,15H,12,14,16-17H2/b23-15-. The minimum Gasteiger partial charge on any atom is -0.351 e. The zero-order chi connectivity index (χ0) is 25.5. The molecule has 2 aliphatic rings. The van der Waals surface area contributed by atoms with Gasteiger partial charge < -0.3 is 4.90 Å². The van der Waals surface area contributed by atoms with Crippen molar-refractivity contribution in [3.63, 3.8) is 0 Å². The summed E-state index contributed by atoms with van der Waals surface area (Å²) in [6.07, 6.45) is 4.20. The van der Waals surface area contributed by atoms with Gasteiger partial charge in [-0.1, -0.05) is 84.1 Å². The predicted octanol–water partition coefficient (Wildman–Crippen LogP) is 5.31. The zero-order valence-electron chi connectivity index (χ0n) is 19.6. The van der Waals surface area contributed by atoms with E-state index in [-0.39, 0.29) is 18.0 Å². The Morgan fingerprint density at radius 1 is 1.00 bits per heavy atom. The molecular formula is C28H21ClN4O2S2. The molecule has 9 heteroatoms. The maximum absolute atomic E-state index is 13.7. The van der Waals surface area contributed by atoms with Crippen LogP contribution in [0.1, 0.15) is 22.3 Å². The zero-order valence-corrected chi connectivity index (χ0v) is 22.0. The first-order valence-corrected chi connectivity index (χ1v) is 13.4. The summed E-state index contributed by atoms with van der Waals surface area (Å²) in [5, 5.41) is 0.574. The Morgan fingerprint density at radius 3 is 2.59 bits per heavy atom. The second kappa shape index (κ2) is 9.78. The van der Waals surface area contributed by atoms with Crippen molar-refractivity contribution >= 4 is 63.3 Å². The summed E-state index contributed by atoms with van der Waals surface area (Å²) >= 11 is 13.1. The van der Waals surface area contributed by atoms with Crippen molar-refractivity contribution in [2.45, 2.75) is 19.5 Å². The first kappa shape index (κ1) is 23.9. The molecule has 184 valence electrons. The highest BCUT2D eigenvalue weighted by atomic mass is 35.5. The summed E-state index contributed by atoms with van der Waals surface area (Å²) < 4.78 is 1.94. The van der Waals surface area contributed by atoms with Crippen LogP contribution in [0.25, 0.3) is 11.7 Å². The predicted molar refractivity (Wildman–Crippen MR) is 153 cm³/mol. The number of pyridine rings is 1. The highest BCUT2D eigenvalue weighted by molar-refractivity contribution is 8.26. The molecule has 1 amide bonds. The van der Waals surface area contributed by atoms with E-state index in [1.54, 1.807) is 24.4 Å². The van der Waals surface area contributed by atoms with Crippen LogP contribution in [0.15, 0.2) is 82.6 Å². The lowest BCUT2D eigenvalue weighted by molar-refractivity contribution is -0.122. The second-order valence-electron chi connectivity index (χ2n) is 8.88. The smallest absolute Gasteiger partial charge is 0.267 e. The average Bonchev–Trinajstić information content (AvgIpc) is 3.18. The molecule has 0 radical (unpaired) electrons. The number of carbonyl (C=O) groups is 1. The fourth-order valence-electron chi connectivity index (χ4n) is 4.70. The van der Waals surface area contributed by atoms with E-state index < -0.39 is 0 Å². The molecule has 0 aliphatic carbocycles. The average molecular weight is 545 g/mol. The van der Waals surface area contributed by atoms with Gasteiger partial charge in [0.15, 0.2) is 0 Å². The number of hydrogen-bond donors (Lipinski definition) is 0. The molecule has 0 N–H and O–H groups in total. The number of carbonyl (C=O) groups excluding carboxylic acids is 1. The molecule has 0 spiro atoms. The Kier molecular flexibility index (Phi) is 6.32. The van der Waals surface area contributed by atoms with Crippen molar-refractivity contribution in [3.8, 4) is 0 Å². The maximum atomic E-state index is 13.7. The van der Waals surface area contributed by atoms with E-state index in [4.69, 9.17) is 28.8 Å². The van der Waals surface area contributed by atoms with Crippen LogP contribution in [-0.2, 0) is 24.3 Å². The molecule has 0 saturated carbocycles. The Bertz CT molecular complexity index is 1670. The van der Waals surface area contributed by atoms with Crippen LogP contribution in [-0.4, -0.2) is 31.1 Å². The number of thiocarbonyl (C=S) groups is 1. The van der Waals surface area contributed by atoms with Gasteiger partial charge in [0, 0.05) is 24.3 Å². The van der Waals surface area contributed by atoms with Gasteiger partial charge in [-0.3, -0.25) is 18.9 Å². The molecule has 2 aromatic heterocycles. The molecule has 0 bridgehead atoms. The Hall–Kier alpha value is -3.46. The van der Waals surface area contributed by atoms with Crippen molar-refractivity contribution in [1.82, 2.24) is 14.3 Å². The first-order chi connectivity index (χ1) is 18.0. The Labute approximate surface area is 228 Å². The van der Waals surface area contributed by atoms with Gasteiger partial charge in [0.05, 0.1) is 17.0 Å². The summed E-state index contributed by atoms with van der Waals surface area (Å²) in [6.45, 7) is 1.63. The van der Waals surface area contributed by atoms with Gasteiger partial charge in [-0.05, 0) is 47.4 Å². The first-order valence-electron chi connectivity index (χ1n) is 11.8. The number of anilines is 1. The molecular weight excluding hydrogens is 524 g/mol. The largest absolute Gasteiger partial charge is 0.351 e. The summed E-state index contributed by atoms with van der Waals surface area (Å²) in [6, 6.07) is 21.2. The highest BCUT2D eigenvalue weighted by Crippen LogP contribution is 2.35. The molecule has 1 fully saturated rings. The minimum absolute atomic E-state index is 0.226. The quantitative estimate of drug-likeness (QED) is 0.256. The number of halogens is 1. The minimum atomic E-state index is -0.248. The molecule has 6 nitrogen and oxygen atoms in total. The van der Waals surface area contributed by atoms with E-state index in [2.05, 4.69) is 17.0 Å². The van der Waals surface area contributed by atoms with Gasteiger partial charge in [0.1, 0.15) is 15.8 Å². The number of thioether (sulfide) groups is 1. The van der Waals surface area contributed by atoms with Crippen LogP contribution in [0.2, 0.25) is 5.02 Å². The number of fused-ring (bicyclic) bond motifs is 2. The summed E-state index contributed by atoms with van der Waals surface area (Å²) in [7, 11) is 0. The molecule has 0 unspecified atom stereocenters. The van der Waals surface area contributed by atoms with Crippen LogP contribution < -0.4 is 10.5 Å². The van der Waals surface area contributed by atoms with Gasteiger partial charge in [-0.2, -0.15) is 0 Å². The van der Waals surface area contributed by atoms with Crippen molar-refractivity contribution in [2.75, 3.05) is 11.4 Å². The van der Waals surface area contributed by atoms with E-state index >= 15 is 0 Å². The summed E-state index contributed by atoms with van der Waals surface area (Å²) in [4.78, 5) is 36.0. The molecule has 4 aromatic rings. The van der Waals surface area contributed by atoms with Crippen molar-refractivity contribution in [2.24, 2.45) is 0 Å². The summed E-state index contributed by atoms with van der Waals surface area (Å²) in [5.41, 5.74) is 4.03. The SMILES string of the molecule is O=C1/C(=C/c2c(N3CCc4ccccc4C3)nc3ccccn3c2=O)SC(=S)N1Cc1ccccc1Cl. The molecule has 0 atom stereocenters. The number of nitrogens with zero attached hydrogens (tertiary/aromatic N) is 4. The van der Waals surface area contributed by atoms with Gasteiger partial charge in [-0.25, -0.2) is 4.98 Å². The second-order valence-corrected chi connectivity index (χ2v) is 11.0. The normalized spacial score (nSPS) is 16.6. The topological polar surface area (TPSA) is 57.9 Å². The van der Waals surface area contributed by atoms with Crippen molar-refractivity contribution in [3.05, 3.63) is 115 Å². The van der Waals surface area contributed by atoms with Gasteiger partial charge in [0.2, 0.25) is 0 Å². The molecule has 1 saturated heterocycles. The van der Waals surface area contributed by atoms with Crippen molar-refractivity contribution < 1.29 is 4.79 Å². The number of aromatic nitrogens is 2. The van der Waals surface area contributed by atoms with E-state index in [0.29, 0.717) is 37.8 Å². The highest BCUT2D eigenvalue weighted by Gasteiger charge is 2.33. The van der Waals surface area contributed by atoms with Gasteiger partial charge >= 0.3 is 0 Å². The van der Waals surface area contributed by atoms with Crippen LogP contribution in [0.4, 0.5) is 5.82 Å². The number of benzene rings is 2. The van der Waals surface area contributed by atoms with Crippen LogP contribution in [0.3, 0.4) is 0 Å². The van der Waals surface area contributed by atoms with Gasteiger partial charge in [0.25, 0.3) is 11.5 Å². The van der Waals surface area contributed by atoms with Gasteiger partial charge in [-0.15, -0.1) is 0 Å². The Morgan fingerprint density at radius 2 is 1.76 bits per heavy atom. The third kappa shape index (κ3) is 4.45.